The topological polar surface area (TPSA) is 50.7 Å². The molecule has 1 rings (SSSR count). The molecule has 72 valence electrons. The molecule has 2 N–H and O–H groups in total. The molecule has 0 saturated heterocycles. The molecule has 0 amide bonds. The van der Waals surface area contributed by atoms with E-state index in [0.29, 0.717) is 13.2 Å². The van der Waals surface area contributed by atoms with Gasteiger partial charge in [0.25, 0.3) is 0 Å². The quantitative estimate of drug-likeness (QED) is 0.458. The van der Waals surface area contributed by atoms with E-state index in [-0.39, 0.29) is 12.1 Å². The summed E-state index contributed by atoms with van der Waals surface area (Å²) in [6, 6.07) is 0.113. The Balaban J connectivity index is 1.98. The Morgan fingerprint density at radius 2 is 2.25 bits per heavy atom. The second-order valence-electron chi connectivity index (χ2n) is 3.06. The van der Waals surface area contributed by atoms with Crippen LogP contribution in [0.25, 0.3) is 0 Å². The Bertz CT molecular complexity index is 121. The number of ether oxygens (including phenoxy) is 1. The first-order chi connectivity index (χ1) is 5.84. The number of aliphatic hydroxyl groups is 1. The van der Waals surface area contributed by atoms with E-state index in [4.69, 9.17) is 9.57 Å². The van der Waals surface area contributed by atoms with Gasteiger partial charge in [0.15, 0.2) is 0 Å². The van der Waals surface area contributed by atoms with Crippen LogP contribution in [0.3, 0.4) is 0 Å². The Kier molecular flexibility index (Phi) is 4.53. The third-order valence-electron chi connectivity index (χ3n) is 2.10. The molecule has 2 atom stereocenters. The van der Waals surface area contributed by atoms with Crippen LogP contribution in [0.2, 0.25) is 0 Å². The van der Waals surface area contributed by atoms with Crippen molar-refractivity contribution in [2.75, 3.05) is 20.3 Å². The predicted molar refractivity (Wildman–Crippen MR) is 44.6 cm³/mol. The van der Waals surface area contributed by atoms with E-state index < -0.39 is 0 Å². The van der Waals surface area contributed by atoms with Gasteiger partial charge in [0.05, 0.1) is 25.4 Å². The molecule has 4 nitrogen and oxygen atoms in total. The molecule has 0 aromatic heterocycles. The highest BCUT2D eigenvalue weighted by Gasteiger charge is 2.24. The number of aliphatic hydroxyl groups excluding tert-OH is 1. The highest BCUT2D eigenvalue weighted by molar-refractivity contribution is 4.79. The lowest BCUT2D eigenvalue weighted by atomic mass is 10.2. The van der Waals surface area contributed by atoms with Crippen LogP contribution in [0.5, 0.6) is 0 Å². The van der Waals surface area contributed by atoms with E-state index >= 15 is 0 Å². The van der Waals surface area contributed by atoms with Gasteiger partial charge in [0, 0.05) is 7.11 Å². The zero-order chi connectivity index (χ0) is 8.81. The van der Waals surface area contributed by atoms with Gasteiger partial charge in [-0.05, 0) is 19.3 Å². The number of methoxy groups -OCH3 is 1. The largest absolute Gasteiger partial charge is 0.391 e. The third kappa shape index (κ3) is 3.06. The molecule has 0 aromatic carbocycles. The maximum atomic E-state index is 9.37. The maximum Gasteiger partial charge on any atom is 0.0916 e. The molecule has 2 unspecified atom stereocenters. The van der Waals surface area contributed by atoms with Crippen molar-refractivity contribution in [3.05, 3.63) is 0 Å². The van der Waals surface area contributed by atoms with Crippen LogP contribution in [0.1, 0.15) is 19.3 Å². The number of hydrogen-bond donors (Lipinski definition) is 2. The number of hydroxylamine groups is 1. The second-order valence-corrected chi connectivity index (χ2v) is 3.06. The predicted octanol–water partition coefficient (Wildman–Crippen LogP) is 0.0674. The lowest BCUT2D eigenvalue weighted by Gasteiger charge is -2.15. The molecule has 0 heterocycles. The molecule has 4 heteroatoms. The molecule has 0 aliphatic heterocycles. The summed E-state index contributed by atoms with van der Waals surface area (Å²) < 4.78 is 4.81. The minimum atomic E-state index is -0.243. The highest BCUT2D eigenvalue weighted by atomic mass is 16.7. The Hall–Kier alpha value is -0.160. The summed E-state index contributed by atoms with van der Waals surface area (Å²) in [5, 5.41) is 9.37. The van der Waals surface area contributed by atoms with E-state index in [2.05, 4.69) is 5.48 Å². The summed E-state index contributed by atoms with van der Waals surface area (Å²) in [7, 11) is 1.63. The van der Waals surface area contributed by atoms with Crippen molar-refractivity contribution in [3.8, 4) is 0 Å². The smallest absolute Gasteiger partial charge is 0.0916 e. The molecule has 1 aliphatic carbocycles. The maximum absolute atomic E-state index is 9.37. The number of nitrogens with one attached hydrogen (secondary N) is 1. The summed E-state index contributed by atoms with van der Waals surface area (Å²) in [5.74, 6) is 0. The van der Waals surface area contributed by atoms with Crippen LogP contribution in [-0.2, 0) is 9.57 Å². The van der Waals surface area contributed by atoms with Gasteiger partial charge in [-0.1, -0.05) is 0 Å². The summed E-state index contributed by atoms with van der Waals surface area (Å²) >= 11 is 0. The molecule has 12 heavy (non-hydrogen) atoms. The normalized spacial score (nSPS) is 29.5. The van der Waals surface area contributed by atoms with Gasteiger partial charge in [-0.2, -0.15) is 5.48 Å². The van der Waals surface area contributed by atoms with E-state index in [1.165, 1.54) is 0 Å². The highest BCUT2D eigenvalue weighted by Crippen LogP contribution is 2.18. The third-order valence-corrected chi connectivity index (χ3v) is 2.10. The zero-order valence-corrected chi connectivity index (χ0v) is 7.45. The van der Waals surface area contributed by atoms with Gasteiger partial charge in [0.2, 0.25) is 0 Å². The lowest BCUT2D eigenvalue weighted by Crippen LogP contribution is -2.36. The van der Waals surface area contributed by atoms with Crippen molar-refractivity contribution in [3.63, 3.8) is 0 Å². The first-order valence-corrected chi connectivity index (χ1v) is 4.39. The molecular weight excluding hydrogens is 158 g/mol. The Morgan fingerprint density at radius 3 is 2.83 bits per heavy atom. The fourth-order valence-corrected chi connectivity index (χ4v) is 1.37. The van der Waals surface area contributed by atoms with Crippen molar-refractivity contribution >= 4 is 0 Å². The molecule has 0 radical (unpaired) electrons. The van der Waals surface area contributed by atoms with Crippen molar-refractivity contribution in [1.29, 1.82) is 0 Å². The standard InChI is InChI=1S/C8H17NO3/c1-11-5-6-12-9-7-3-2-4-8(7)10/h7-10H,2-6H2,1H3. The minimum Gasteiger partial charge on any atom is -0.391 e. The Labute approximate surface area is 72.8 Å². The molecule has 1 fully saturated rings. The number of rotatable bonds is 5. The van der Waals surface area contributed by atoms with Crippen LogP contribution in [0, 0.1) is 0 Å². The zero-order valence-electron chi connectivity index (χ0n) is 7.45. The van der Waals surface area contributed by atoms with Crippen LogP contribution in [-0.4, -0.2) is 37.6 Å². The molecule has 0 bridgehead atoms. The van der Waals surface area contributed by atoms with Gasteiger partial charge in [-0.25, -0.2) is 0 Å². The second kappa shape index (κ2) is 5.48. The van der Waals surface area contributed by atoms with E-state index in [9.17, 15) is 5.11 Å². The fourth-order valence-electron chi connectivity index (χ4n) is 1.37. The van der Waals surface area contributed by atoms with Crippen molar-refractivity contribution in [2.45, 2.75) is 31.4 Å². The molecule has 1 saturated carbocycles. The van der Waals surface area contributed by atoms with Gasteiger partial charge >= 0.3 is 0 Å². The van der Waals surface area contributed by atoms with Crippen molar-refractivity contribution in [2.24, 2.45) is 0 Å². The Morgan fingerprint density at radius 1 is 1.42 bits per heavy atom. The van der Waals surface area contributed by atoms with Gasteiger partial charge < -0.3 is 9.84 Å². The lowest BCUT2D eigenvalue weighted by molar-refractivity contribution is -0.0323. The first-order valence-electron chi connectivity index (χ1n) is 4.39. The van der Waals surface area contributed by atoms with E-state index in [1.54, 1.807) is 7.11 Å². The summed E-state index contributed by atoms with van der Waals surface area (Å²) in [6.45, 7) is 1.11. The summed E-state index contributed by atoms with van der Waals surface area (Å²) in [4.78, 5) is 5.09. The van der Waals surface area contributed by atoms with Crippen LogP contribution >= 0.6 is 0 Å². The van der Waals surface area contributed by atoms with E-state index in [1.807, 2.05) is 0 Å². The van der Waals surface area contributed by atoms with Crippen molar-refractivity contribution in [1.82, 2.24) is 5.48 Å². The average Bonchev–Trinajstić information content (AvgIpc) is 2.46. The molecule has 0 spiro atoms. The van der Waals surface area contributed by atoms with Gasteiger partial charge in [0.1, 0.15) is 0 Å². The summed E-state index contributed by atoms with van der Waals surface area (Å²) in [5.41, 5.74) is 2.84. The van der Waals surface area contributed by atoms with E-state index in [0.717, 1.165) is 19.3 Å². The van der Waals surface area contributed by atoms with Crippen molar-refractivity contribution < 1.29 is 14.7 Å². The minimum absolute atomic E-state index is 0.113. The monoisotopic (exact) mass is 175 g/mol. The molecule has 0 aromatic rings. The molecular formula is C8H17NO3. The molecule has 1 aliphatic rings. The number of hydrogen-bond acceptors (Lipinski definition) is 4. The SMILES string of the molecule is COCCONC1CCCC1O. The summed E-state index contributed by atoms with van der Waals surface area (Å²) in [6.07, 6.45) is 2.71. The van der Waals surface area contributed by atoms with Gasteiger partial charge in [-0.15, -0.1) is 0 Å². The average molecular weight is 175 g/mol. The van der Waals surface area contributed by atoms with Crippen LogP contribution in [0.15, 0.2) is 0 Å². The first kappa shape index (κ1) is 9.92. The fraction of sp³-hybridized carbons (Fsp3) is 1.00. The van der Waals surface area contributed by atoms with Crippen LogP contribution in [0.4, 0.5) is 0 Å². The van der Waals surface area contributed by atoms with Crippen LogP contribution < -0.4 is 5.48 Å². The van der Waals surface area contributed by atoms with Gasteiger partial charge in [-0.3, -0.25) is 4.84 Å².